The molecule has 0 aliphatic rings. The quantitative estimate of drug-likeness (QED) is 0.599. The van der Waals surface area contributed by atoms with E-state index in [1.807, 2.05) is 49.6 Å². The maximum absolute atomic E-state index is 12.3. The van der Waals surface area contributed by atoms with Crippen molar-refractivity contribution in [3.63, 3.8) is 0 Å². The predicted molar refractivity (Wildman–Crippen MR) is 96.0 cm³/mol. The Kier molecular flexibility index (Phi) is 4.18. The van der Waals surface area contributed by atoms with Gasteiger partial charge in [-0.1, -0.05) is 23.4 Å². The molecular formula is C19H17N5O2. The van der Waals surface area contributed by atoms with Gasteiger partial charge in [0.25, 0.3) is 0 Å². The van der Waals surface area contributed by atoms with Crippen LogP contribution in [0.25, 0.3) is 22.2 Å². The molecule has 130 valence electrons. The van der Waals surface area contributed by atoms with E-state index in [2.05, 4.69) is 20.6 Å². The van der Waals surface area contributed by atoms with Crippen LogP contribution >= 0.6 is 0 Å². The number of amides is 1. The molecule has 0 spiro atoms. The van der Waals surface area contributed by atoms with Gasteiger partial charge in [0, 0.05) is 36.9 Å². The molecule has 0 radical (unpaired) electrons. The van der Waals surface area contributed by atoms with Gasteiger partial charge in [0.05, 0.1) is 18.3 Å². The van der Waals surface area contributed by atoms with E-state index in [4.69, 9.17) is 4.52 Å². The second-order valence-corrected chi connectivity index (χ2v) is 5.99. The van der Waals surface area contributed by atoms with Crippen LogP contribution < -0.4 is 5.32 Å². The molecule has 3 aromatic heterocycles. The van der Waals surface area contributed by atoms with Crippen LogP contribution in [0.5, 0.6) is 0 Å². The minimum Gasteiger partial charge on any atom is -0.356 e. The summed E-state index contributed by atoms with van der Waals surface area (Å²) < 4.78 is 6.97. The predicted octanol–water partition coefficient (Wildman–Crippen LogP) is 2.48. The van der Waals surface area contributed by atoms with Gasteiger partial charge in [-0.2, -0.15) is 5.10 Å². The molecule has 1 aromatic carbocycles. The minimum absolute atomic E-state index is 0.120. The van der Waals surface area contributed by atoms with Crippen LogP contribution in [0.2, 0.25) is 0 Å². The van der Waals surface area contributed by atoms with Crippen LogP contribution in [0.4, 0.5) is 0 Å². The van der Waals surface area contributed by atoms with Crippen molar-refractivity contribution in [1.82, 2.24) is 25.2 Å². The van der Waals surface area contributed by atoms with Crippen LogP contribution in [-0.4, -0.2) is 25.8 Å². The number of nitrogens with one attached hydrogen (secondary N) is 1. The number of aryl methyl sites for hydroxylation is 1. The molecule has 0 bridgehead atoms. The summed E-state index contributed by atoms with van der Waals surface area (Å²) in [7, 11) is 1.86. The lowest BCUT2D eigenvalue weighted by atomic mass is 10.1. The van der Waals surface area contributed by atoms with Gasteiger partial charge in [-0.3, -0.25) is 14.5 Å². The van der Waals surface area contributed by atoms with Gasteiger partial charge in [-0.05, 0) is 23.8 Å². The number of nitrogens with zero attached hydrogens (tertiary/aromatic N) is 4. The molecule has 0 saturated carbocycles. The zero-order chi connectivity index (χ0) is 17.9. The lowest BCUT2D eigenvalue weighted by Gasteiger charge is -2.08. The van der Waals surface area contributed by atoms with Gasteiger partial charge in [-0.15, -0.1) is 0 Å². The van der Waals surface area contributed by atoms with Crippen molar-refractivity contribution in [2.24, 2.45) is 7.05 Å². The summed E-state index contributed by atoms with van der Waals surface area (Å²) in [6.07, 6.45) is 5.55. The van der Waals surface area contributed by atoms with E-state index >= 15 is 0 Å². The van der Waals surface area contributed by atoms with E-state index in [1.165, 1.54) is 0 Å². The van der Waals surface area contributed by atoms with Gasteiger partial charge < -0.3 is 9.84 Å². The Bertz CT molecular complexity index is 1070. The van der Waals surface area contributed by atoms with E-state index in [-0.39, 0.29) is 12.3 Å². The average Bonchev–Trinajstić information content (AvgIpc) is 3.27. The first-order chi connectivity index (χ1) is 12.7. The van der Waals surface area contributed by atoms with E-state index in [0.29, 0.717) is 17.8 Å². The summed E-state index contributed by atoms with van der Waals surface area (Å²) in [5.41, 5.74) is 3.98. The Balaban J connectivity index is 1.47. The highest BCUT2D eigenvalue weighted by atomic mass is 16.5. The van der Waals surface area contributed by atoms with Gasteiger partial charge in [0.15, 0.2) is 5.58 Å². The lowest BCUT2D eigenvalue weighted by molar-refractivity contribution is -0.120. The molecule has 1 amide bonds. The highest BCUT2D eigenvalue weighted by Gasteiger charge is 2.13. The van der Waals surface area contributed by atoms with Gasteiger partial charge in [0.1, 0.15) is 5.69 Å². The molecule has 7 nitrogen and oxygen atoms in total. The van der Waals surface area contributed by atoms with Gasteiger partial charge >= 0.3 is 0 Å². The van der Waals surface area contributed by atoms with Crippen molar-refractivity contribution < 1.29 is 9.32 Å². The third kappa shape index (κ3) is 3.19. The number of fused-ring (bicyclic) bond motifs is 1. The highest BCUT2D eigenvalue weighted by molar-refractivity contribution is 5.86. The number of aromatic nitrogens is 4. The van der Waals surface area contributed by atoms with Gasteiger partial charge in [0.2, 0.25) is 5.91 Å². The fourth-order valence-electron chi connectivity index (χ4n) is 2.86. The molecule has 7 heteroatoms. The monoisotopic (exact) mass is 347 g/mol. The molecule has 0 aliphatic heterocycles. The van der Waals surface area contributed by atoms with Crippen LogP contribution in [0.3, 0.4) is 0 Å². The lowest BCUT2D eigenvalue weighted by Crippen LogP contribution is -2.25. The van der Waals surface area contributed by atoms with Crippen molar-refractivity contribution in [3.8, 4) is 11.3 Å². The smallest absolute Gasteiger partial charge is 0.226 e. The van der Waals surface area contributed by atoms with Crippen molar-refractivity contribution in [2.45, 2.75) is 13.0 Å². The van der Waals surface area contributed by atoms with E-state index in [0.717, 1.165) is 22.2 Å². The largest absolute Gasteiger partial charge is 0.356 e. The molecule has 0 fully saturated rings. The number of rotatable bonds is 5. The standard InChI is InChI=1S/C19H17N5O2/c1-24-12-14(11-22-24)19-13(5-4-8-20-19)10-21-18(25)9-16-15-6-2-3-7-17(15)26-23-16/h2-8,11-12H,9-10H2,1H3,(H,21,25). The van der Waals surface area contributed by atoms with Gasteiger partial charge in [-0.25, -0.2) is 0 Å². The maximum atomic E-state index is 12.3. The zero-order valence-electron chi connectivity index (χ0n) is 14.2. The number of benzene rings is 1. The zero-order valence-corrected chi connectivity index (χ0v) is 14.2. The Morgan fingerprint density at radius 1 is 1.23 bits per heavy atom. The number of carbonyl (C=O) groups is 1. The summed E-state index contributed by atoms with van der Waals surface area (Å²) in [5, 5.41) is 12.0. The van der Waals surface area contributed by atoms with Crippen LogP contribution in [0.1, 0.15) is 11.3 Å². The van der Waals surface area contributed by atoms with Crippen LogP contribution in [0.15, 0.2) is 59.5 Å². The Hall–Kier alpha value is -3.48. The first-order valence-corrected chi connectivity index (χ1v) is 8.23. The third-order valence-corrected chi connectivity index (χ3v) is 4.13. The van der Waals surface area contributed by atoms with E-state index < -0.39 is 0 Å². The van der Waals surface area contributed by atoms with E-state index in [1.54, 1.807) is 17.1 Å². The second-order valence-electron chi connectivity index (χ2n) is 5.99. The van der Waals surface area contributed by atoms with Crippen molar-refractivity contribution >= 4 is 16.9 Å². The molecule has 1 N–H and O–H groups in total. The Labute approximate surface area is 149 Å². The first-order valence-electron chi connectivity index (χ1n) is 8.23. The molecule has 0 saturated heterocycles. The fraction of sp³-hybridized carbons (Fsp3) is 0.158. The third-order valence-electron chi connectivity index (χ3n) is 4.13. The first kappa shape index (κ1) is 16.0. The maximum Gasteiger partial charge on any atom is 0.226 e. The normalized spacial score (nSPS) is 11.0. The molecule has 4 aromatic rings. The number of carbonyl (C=O) groups excluding carboxylic acids is 1. The molecular weight excluding hydrogens is 330 g/mol. The Morgan fingerprint density at radius 3 is 2.96 bits per heavy atom. The fourth-order valence-corrected chi connectivity index (χ4v) is 2.86. The second kappa shape index (κ2) is 6.79. The van der Waals surface area contributed by atoms with Crippen LogP contribution in [-0.2, 0) is 24.8 Å². The minimum atomic E-state index is -0.120. The van der Waals surface area contributed by atoms with Crippen molar-refractivity contribution in [3.05, 3.63) is 66.2 Å². The molecule has 0 unspecified atom stereocenters. The molecule has 26 heavy (non-hydrogen) atoms. The average molecular weight is 347 g/mol. The summed E-state index contributed by atoms with van der Waals surface area (Å²) in [6.45, 7) is 0.382. The summed E-state index contributed by atoms with van der Waals surface area (Å²) in [5.74, 6) is -0.120. The molecule has 4 rings (SSSR count). The van der Waals surface area contributed by atoms with Crippen molar-refractivity contribution in [1.29, 1.82) is 0 Å². The summed E-state index contributed by atoms with van der Waals surface area (Å²) in [4.78, 5) is 16.8. The van der Waals surface area contributed by atoms with E-state index in [9.17, 15) is 4.79 Å². The highest BCUT2D eigenvalue weighted by Crippen LogP contribution is 2.21. The summed E-state index contributed by atoms with van der Waals surface area (Å²) >= 11 is 0. The topological polar surface area (TPSA) is 85.8 Å². The van der Waals surface area contributed by atoms with Crippen LogP contribution in [0, 0.1) is 0 Å². The number of para-hydroxylation sites is 1. The number of pyridine rings is 1. The number of hydrogen-bond donors (Lipinski definition) is 1. The SMILES string of the molecule is Cn1cc(-c2ncccc2CNC(=O)Cc2noc3ccccc23)cn1. The molecule has 0 aliphatic carbocycles. The molecule has 0 atom stereocenters. The summed E-state index contributed by atoms with van der Waals surface area (Å²) in [6, 6.07) is 11.3. The van der Waals surface area contributed by atoms with Crippen molar-refractivity contribution in [2.75, 3.05) is 0 Å². The Morgan fingerprint density at radius 2 is 2.12 bits per heavy atom. The number of hydrogen-bond acceptors (Lipinski definition) is 5. The molecule has 3 heterocycles.